The normalized spacial score (nSPS) is 43.3. The van der Waals surface area contributed by atoms with Gasteiger partial charge in [-0.1, -0.05) is 77.6 Å². The molecular formula is C39H53NO2. The molecule has 0 amide bonds. The third-order valence-electron chi connectivity index (χ3n) is 15.0. The highest BCUT2D eigenvalue weighted by molar-refractivity contribution is 5.85. The molecule has 5 aliphatic rings. The van der Waals surface area contributed by atoms with E-state index in [0.717, 1.165) is 25.7 Å². The first-order valence-electron chi connectivity index (χ1n) is 16.9. The summed E-state index contributed by atoms with van der Waals surface area (Å²) in [6.45, 7) is 23.9. The fourth-order valence-corrected chi connectivity index (χ4v) is 13.1. The minimum Gasteiger partial charge on any atom is -0.461 e. The van der Waals surface area contributed by atoms with E-state index < -0.39 is 0 Å². The van der Waals surface area contributed by atoms with Gasteiger partial charge in [0, 0.05) is 22.0 Å². The molecule has 4 fully saturated rings. The van der Waals surface area contributed by atoms with E-state index in [1.807, 2.05) is 0 Å². The number of aromatic amines is 1. The van der Waals surface area contributed by atoms with Gasteiger partial charge in [-0.05, 0) is 122 Å². The van der Waals surface area contributed by atoms with Gasteiger partial charge in [-0.2, -0.15) is 0 Å². The first-order valence-corrected chi connectivity index (χ1v) is 16.9. The van der Waals surface area contributed by atoms with Crippen molar-refractivity contribution in [2.45, 2.75) is 105 Å². The highest BCUT2D eigenvalue weighted by Gasteiger charge is 2.72. The van der Waals surface area contributed by atoms with E-state index >= 15 is 0 Å². The number of H-pyrrole nitrogens is 1. The van der Waals surface area contributed by atoms with Crippen LogP contribution >= 0.6 is 0 Å². The molecule has 2 aromatic rings. The fraction of sp³-hybridized carbons (Fsp3) is 0.667. The van der Waals surface area contributed by atoms with Gasteiger partial charge < -0.3 is 9.72 Å². The van der Waals surface area contributed by atoms with Gasteiger partial charge in [0.05, 0.1) is 5.41 Å². The largest absolute Gasteiger partial charge is 0.461 e. The first-order chi connectivity index (χ1) is 19.8. The van der Waals surface area contributed by atoms with E-state index in [1.54, 1.807) is 11.6 Å². The van der Waals surface area contributed by atoms with Crippen molar-refractivity contribution in [2.24, 2.45) is 51.2 Å². The second-order valence-electron chi connectivity index (χ2n) is 16.7. The number of carbonyl (C=O) groups excluding carboxylic acids is 1. The SMILES string of the molecule is C=CCOC(=O)[C@]12CC[C@@H](C(=C)C)C1C1CCC3[C@@]4(C)Cc5c([nH]c6ccccc56)C(C)(C)C4CC[C@@]3(C)[C@]1(C)CC2. The Hall–Kier alpha value is -2.29. The number of aromatic nitrogens is 1. The number of para-hydroxylation sites is 1. The van der Waals surface area contributed by atoms with Crippen LogP contribution in [0, 0.1) is 51.2 Å². The molecule has 5 aliphatic carbocycles. The number of nitrogens with one attached hydrogen (secondary N) is 1. The molecule has 0 radical (unpaired) electrons. The van der Waals surface area contributed by atoms with E-state index in [1.165, 1.54) is 54.3 Å². The molecule has 1 aromatic carbocycles. The van der Waals surface area contributed by atoms with Crippen LogP contribution in [0.2, 0.25) is 0 Å². The lowest BCUT2D eigenvalue weighted by molar-refractivity contribution is -0.228. The Morgan fingerprint density at radius 3 is 2.48 bits per heavy atom. The number of benzene rings is 1. The van der Waals surface area contributed by atoms with Gasteiger partial charge >= 0.3 is 5.97 Å². The van der Waals surface area contributed by atoms with Crippen LogP contribution in [0.4, 0.5) is 0 Å². The zero-order valence-corrected chi connectivity index (χ0v) is 27.1. The average molecular weight is 568 g/mol. The Kier molecular flexibility index (Phi) is 6.18. The number of ether oxygens (including phenoxy) is 1. The summed E-state index contributed by atoms with van der Waals surface area (Å²) in [7, 11) is 0. The Morgan fingerprint density at radius 1 is 0.976 bits per heavy atom. The number of hydrogen-bond acceptors (Lipinski definition) is 2. The molecule has 42 heavy (non-hydrogen) atoms. The molecule has 3 heteroatoms. The van der Waals surface area contributed by atoms with Crippen molar-refractivity contribution >= 4 is 16.9 Å². The van der Waals surface area contributed by atoms with E-state index in [0.29, 0.717) is 36.2 Å². The molecule has 9 atom stereocenters. The van der Waals surface area contributed by atoms with E-state index in [9.17, 15) is 4.79 Å². The number of esters is 1. The van der Waals surface area contributed by atoms with Crippen molar-refractivity contribution < 1.29 is 9.53 Å². The standard InChI is InChI=1S/C39H53NO2/c1-9-22-42-34(41)39-19-16-25(24(2)3)32(39)28-14-15-31-36(6)23-27-26-12-10-11-13-29(26)40-33(27)35(4,5)30(36)17-18-38(31,8)37(28,7)20-21-39/h9-13,25,28,30-32,40H,1-2,14-23H2,3-8H3/t25-,28?,30?,31?,32?,36-,37+,38+,39-/m0/s1. The molecule has 0 bridgehead atoms. The van der Waals surface area contributed by atoms with Crippen molar-refractivity contribution in [1.29, 1.82) is 0 Å². The number of carbonyl (C=O) groups is 1. The maximum absolute atomic E-state index is 13.9. The van der Waals surface area contributed by atoms with E-state index in [4.69, 9.17) is 4.74 Å². The highest BCUT2D eigenvalue weighted by Crippen LogP contribution is 2.77. The molecular weight excluding hydrogens is 514 g/mol. The van der Waals surface area contributed by atoms with Crippen molar-refractivity contribution in [1.82, 2.24) is 4.98 Å². The molecule has 0 saturated heterocycles. The lowest BCUT2D eigenvalue weighted by Crippen LogP contribution is -2.67. The predicted octanol–water partition coefficient (Wildman–Crippen LogP) is 9.57. The minimum absolute atomic E-state index is 0.0436. The monoisotopic (exact) mass is 567 g/mol. The first kappa shape index (κ1) is 28.5. The van der Waals surface area contributed by atoms with Crippen molar-refractivity contribution in [3.8, 4) is 0 Å². The van der Waals surface area contributed by atoms with Gasteiger partial charge in [-0.25, -0.2) is 0 Å². The van der Waals surface area contributed by atoms with Crippen molar-refractivity contribution in [3.63, 3.8) is 0 Å². The van der Waals surface area contributed by atoms with Crippen LogP contribution in [-0.2, 0) is 21.4 Å². The molecule has 0 aliphatic heterocycles. The van der Waals surface area contributed by atoms with Crippen LogP contribution in [0.3, 0.4) is 0 Å². The number of fused-ring (bicyclic) bond motifs is 10. The molecule has 0 spiro atoms. The summed E-state index contributed by atoms with van der Waals surface area (Å²) < 4.78 is 5.89. The summed E-state index contributed by atoms with van der Waals surface area (Å²) in [6, 6.07) is 8.99. The second-order valence-corrected chi connectivity index (χ2v) is 16.7. The zero-order chi connectivity index (χ0) is 29.9. The van der Waals surface area contributed by atoms with E-state index in [2.05, 4.69) is 83.9 Å². The zero-order valence-electron chi connectivity index (χ0n) is 27.1. The van der Waals surface area contributed by atoms with Crippen LogP contribution < -0.4 is 0 Å². The Labute approximate surface area is 254 Å². The summed E-state index contributed by atoms with van der Waals surface area (Å²) in [5.41, 5.74) is 6.12. The van der Waals surface area contributed by atoms with Gasteiger partial charge in [0.1, 0.15) is 6.61 Å². The third-order valence-corrected chi connectivity index (χ3v) is 15.0. The van der Waals surface area contributed by atoms with Crippen LogP contribution in [0.15, 0.2) is 49.1 Å². The maximum atomic E-state index is 13.9. The second kappa shape index (κ2) is 9.12. The number of allylic oxidation sites excluding steroid dienone is 1. The summed E-state index contributed by atoms with van der Waals surface area (Å²) in [5, 5.41) is 1.43. The van der Waals surface area contributed by atoms with Gasteiger partial charge in [-0.15, -0.1) is 0 Å². The Bertz CT molecular complexity index is 1460. The van der Waals surface area contributed by atoms with Crippen molar-refractivity contribution in [2.75, 3.05) is 6.61 Å². The fourth-order valence-electron chi connectivity index (χ4n) is 13.1. The van der Waals surface area contributed by atoms with Crippen LogP contribution in [0.1, 0.15) is 104 Å². The Balaban J connectivity index is 1.30. The van der Waals surface area contributed by atoms with Crippen molar-refractivity contribution in [3.05, 3.63) is 60.3 Å². The van der Waals surface area contributed by atoms with Gasteiger partial charge in [0.15, 0.2) is 0 Å². The molecule has 7 rings (SSSR count). The lowest BCUT2D eigenvalue weighted by Gasteiger charge is -2.72. The van der Waals surface area contributed by atoms with Crippen LogP contribution in [0.5, 0.6) is 0 Å². The predicted molar refractivity (Wildman–Crippen MR) is 172 cm³/mol. The average Bonchev–Trinajstić information content (AvgIpc) is 3.52. The van der Waals surface area contributed by atoms with Crippen LogP contribution in [-0.4, -0.2) is 17.6 Å². The maximum Gasteiger partial charge on any atom is 0.312 e. The lowest BCUT2D eigenvalue weighted by atomic mass is 9.32. The summed E-state index contributed by atoms with van der Waals surface area (Å²) in [5.74, 6) is 2.68. The summed E-state index contributed by atoms with van der Waals surface area (Å²) in [4.78, 5) is 17.8. The smallest absolute Gasteiger partial charge is 0.312 e. The summed E-state index contributed by atoms with van der Waals surface area (Å²) >= 11 is 0. The van der Waals surface area contributed by atoms with Crippen LogP contribution in [0.25, 0.3) is 10.9 Å². The van der Waals surface area contributed by atoms with E-state index in [-0.39, 0.29) is 33.0 Å². The molecule has 4 saturated carbocycles. The molecule has 1 N–H and O–H groups in total. The molecule has 1 heterocycles. The minimum atomic E-state index is -0.354. The molecule has 4 unspecified atom stereocenters. The summed E-state index contributed by atoms with van der Waals surface area (Å²) in [6.07, 6.45) is 12.1. The highest BCUT2D eigenvalue weighted by atomic mass is 16.5. The number of rotatable bonds is 4. The molecule has 1 aromatic heterocycles. The third kappa shape index (κ3) is 3.37. The molecule has 226 valence electrons. The van der Waals surface area contributed by atoms with Gasteiger partial charge in [0.25, 0.3) is 0 Å². The molecule has 3 nitrogen and oxygen atoms in total. The topological polar surface area (TPSA) is 42.1 Å². The number of hydrogen-bond donors (Lipinski definition) is 1. The van der Waals surface area contributed by atoms with Gasteiger partial charge in [-0.3, -0.25) is 4.79 Å². The van der Waals surface area contributed by atoms with Gasteiger partial charge in [0.2, 0.25) is 0 Å². The Morgan fingerprint density at radius 2 is 1.74 bits per heavy atom. The quantitative estimate of drug-likeness (QED) is 0.295.